The molecule has 0 radical (unpaired) electrons. The van der Waals surface area contributed by atoms with Crippen molar-refractivity contribution in [3.8, 4) is 22.6 Å². The molecule has 0 atom stereocenters. The molecule has 23 heavy (non-hydrogen) atoms. The zero-order valence-electron chi connectivity index (χ0n) is 11.8. The molecule has 6 heteroatoms. The van der Waals surface area contributed by atoms with E-state index in [2.05, 4.69) is 15.0 Å². The fraction of sp³-hybridized carbons (Fsp3) is 0. The summed E-state index contributed by atoms with van der Waals surface area (Å²) in [5.41, 5.74) is 4.03. The Morgan fingerprint density at radius 2 is 1.35 bits per heavy atom. The van der Waals surface area contributed by atoms with Crippen molar-refractivity contribution in [2.75, 3.05) is 0 Å². The Hall–Kier alpha value is -2.43. The average molecular weight is 341 g/mol. The molecule has 0 spiro atoms. The number of rotatable bonds is 2. The van der Waals surface area contributed by atoms with Gasteiger partial charge in [-0.25, -0.2) is 15.0 Å². The molecule has 0 amide bonds. The van der Waals surface area contributed by atoms with Gasteiger partial charge in [-0.1, -0.05) is 35.3 Å². The fourth-order valence-electron chi connectivity index (χ4n) is 2.38. The van der Waals surface area contributed by atoms with Crippen LogP contribution in [0.2, 0.25) is 10.0 Å². The number of nitrogens with zero attached hydrogens (tertiary/aromatic N) is 3. The van der Waals surface area contributed by atoms with Crippen molar-refractivity contribution in [2.24, 2.45) is 0 Å². The Morgan fingerprint density at radius 3 is 2.00 bits per heavy atom. The van der Waals surface area contributed by atoms with E-state index in [0.29, 0.717) is 21.5 Å². The first-order chi connectivity index (χ1) is 11.2. The second-order valence-corrected chi connectivity index (χ2v) is 5.88. The van der Waals surface area contributed by atoms with Crippen LogP contribution in [-0.2, 0) is 0 Å². The normalized spacial score (nSPS) is 11.0. The number of aromatic amines is 1. The molecule has 0 unspecified atom stereocenters. The molecule has 1 N–H and O–H groups in total. The van der Waals surface area contributed by atoms with E-state index < -0.39 is 0 Å². The summed E-state index contributed by atoms with van der Waals surface area (Å²) >= 11 is 11.9. The molecule has 0 fully saturated rings. The zero-order valence-corrected chi connectivity index (χ0v) is 13.3. The number of aromatic nitrogens is 4. The minimum Gasteiger partial charge on any atom is -0.341 e. The van der Waals surface area contributed by atoms with Gasteiger partial charge in [0.2, 0.25) is 0 Å². The number of fused-ring (bicyclic) bond motifs is 1. The highest BCUT2D eigenvalue weighted by atomic mass is 35.5. The summed E-state index contributed by atoms with van der Waals surface area (Å²) < 4.78 is 0. The Bertz CT molecular complexity index is 976. The molecule has 2 aromatic carbocycles. The van der Waals surface area contributed by atoms with Gasteiger partial charge in [0.05, 0.1) is 6.33 Å². The van der Waals surface area contributed by atoms with Gasteiger partial charge in [-0.15, -0.1) is 0 Å². The van der Waals surface area contributed by atoms with Crippen LogP contribution in [0.4, 0.5) is 0 Å². The summed E-state index contributed by atoms with van der Waals surface area (Å²) in [6, 6.07) is 14.9. The minimum absolute atomic E-state index is 0.603. The van der Waals surface area contributed by atoms with E-state index in [-0.39, 0.29) is 0 Å². The molecule has 4 rings (SSSR count). The molecule has 0 saturated heterocycles. The second-order valence-electron chi connectivity index (χ2n) is 5.01. The maximum Gasteiger partial charge on any atom is 0.181 e. The van der Waals surface area contributed by atoms with Gasteiger partial charge in [-0.2, -0.15) is 0 Å². The van der Waals surface area contributed by atoms with Crippen LogP contribution in [0.3, 0.4) is 0 Å². The smallest absolute Gasteiger partial charge is 0.181 e. The highest BCUT2D eigenvalue weighted by Crippen LogP contribution is 2.28. The second kappa shape index (κ2) is 5.65. The van der Waals surface area contributed by atoms with Crippen LogP contribution in [0.1, 0.15) is 0 Å². The molecule has 2 heterocycles. The largest absolute Gasteiger partial charge is 0.341 e. The standard InChI is InChI=1S/C17H10Cl2N4/c18-12-5-1-10(2-6-12)14-15-17(21-9-20-15)23-16(22-14)11-3-7-13(19)8-4-11/h1-9H,(H,20,21,22,23). The highest BCUT2D eigenvalue weighted by Gasteiger charge is 2.13. The Kier molecular flexibility index (Phi) is 3.48. The maximum absolute atomic E-state index is 5.97. The number of imidazole rings is 1. The monoisotopic (exact) mass is 340 g/mol. The maximum atomic E-state index is 5.97. The molecule has 0 aliphatic heterocycles. The lowest BCUT2D eigenvalue weighted by atomic mass is 10.1. The van der Waals surface area contributed by atoms with Gasteiger partial charge in [0.1, 0.15) is 11.2 Å². The number of nitrogens with one attached hydrogen (secondary N) is 1. The third-order valence-electron chi connectivity index (χ3n) is 3.51. The van der Waals surface area contributed by atoms with Crippen molar-refractivity contribution in [1.82, 2.24) is 19.9 Å². The van der Waals surface area contributed by atoms with E-state index in [1.54, 1.807) is 6.33 Å². The van der Waals surface area contributed by atoms with E-state index in [4.69, 9.17) is 28.2 Å². The molecule has 0 bridgehead atoms. The lowest BCUT2D eigenvalue weighted by Gasteiger charge is -2.06. The van der Waals surface area contributed by atoms with E-state index >= 15 is 0 Å². The van der Waals surface area contributed by atoms with Gasteiger partial charge in [-0.3, -0.25) is 0 Å². The summed E-state index contributed by atoms with van der Waals surface area (Å²) in [4.78, 5) is 16.6. The SMILES string of the molecule is Clc1ccc(-c2nc(-c3ccc(Cl)cc3)c3[nH]cnc3n2)cc1. The summed E-state index contributed by atoms with van der Waals surface area (Å²) in [6.07, 6.45) is 1.62. The van der Waals surface area contributed by atoms with Gasteiger partial charge >= 0.3 is 0 Å². The summed E-state index contributed by atoms with van der Waals surface area (Å²) in [5, 5.41) is 1.36. The molecule has 112 valence electrons. The van der Waals surface area contributed by atoms with E-state index in [1.165, 1.54) is 0 Å². The highest BCUT2D eigenvalue weighted by molar-refractivity contribution is 6.30. The first-order valence-electron chi connectivity index (χ1n) is 6.94. The lowest BCUT2D eigenvalue weighted by Crippen LogP contribution is -1.94. The van der Waals surface area contributed by atoms with Crippen molar-refractivity contribution >= 4 is 34.4 Å². The van der Waals surface area contributed by atoms with Gasteiger partial charge in [0.25, 0.3) is 0 Å². The number of halogens is 2. The van der Waals surface area contributed by atoms with Gasteiger partial charge in [0.15, 0.2) is 11.5 Å². The van der Waals surface area contributed by atoms with Crippen LogP contribution < -0.4 is 0 Å². The Balaban J connectivity index is 1.94. The quantitative estimate of drug-likeness (QED) is 0.559. The number of hydrogen-bond acceptors (Lipinski definition) is 3. The van der Waals surface area contributed by atoms with Gasteiger partial charge < -0.3 is 4.98 Å². The molecular formula is C17H10Cl2N4. The van der Waals surface area contributed by atoms with Crippen molar-refractivity contribution in [3.05, 3.63) is 64.9 Å². The number of H-pyrrole nitrogens is 1. The average Bonchev–Trinajstić information content (AvgIpc) is 3.04. The topological polar surface area (TPSA) is 54.5 Å². The predicted octanol–water partition coefficient (Wildman–Crippen LogP) is 4.99. The van der Waals surface area contributed by atoms with Crippen molar-refractivity contribution < 1.29 is 0 Å². The third kappa shape index (κ3) is 2.67. The number of hydrogen-bond donors (Lipinski definition) is 1. The van der Waals surface area contributed by atoms with Crippen LogP contribution >= 0.6 is 23.2 Å². The predicted molar refractivity (Wildman–Crippen MR) is 92.6 cm³/mol. The van der Waals surface area contributed by atoms with Crippen molar-refractivity contribution in [1.29, 1.82) is 0 Å². The van der Waals surface area contributed by atoms with Crippen LogP contribution in [0.5, 0.6) is 0 Å². The molecule has 4 aromatic rings. The summed E-state index contributed by atoms with van der Waals surface area (Å²) in [5.74, 6) is 0.603. The van der Waals surface area contributed by atoms with Crippen LogP contribution in [0, 0.1) is 0 Å². The van der Waals surface area contributed by atoms with Gasteiger partial charge in [0, 0.05) is 21.2 Å². The molecule has 2 aromatic heterocycles. The van der Waals surface area contributed by atoms with E-state index in [0.717, 1.165) is 22.3 Å². The lowest BCUT2D eigenvalue weighted by molar-refractivity contribution is 1.21. The molecule has 0 aliphatic carbocycles. The summed E-state index contributed by atoms with van der Waals surface area (Å²) in [7, 11) is 0. The van der Waals surface area contributed by atoms with Crippen LogP contribution in [0.25, 0.3) is 33.8 Å². The minimum atomic E-state index is 0.603. The molecule has 0 saturated carbocycles. The van der Waals surface area contributed by atoms with Crippen molar-refractivity contribution in [2.45, 2.75) is 0 Å². The first kappa shape index (κ1) is 14.2. The van der Waals surface area contributed by atoms with Gasteiger partial charge in [-0.05, 0) is 36.4 Å². The zero-order chi connectivity index (χ0) is 15.8. The first-order valence-corrected chi connectivity index (χ1v) is 7.69. The molecular weight excluding hydrogens is 331 g/mol. The summed E-state index contributed by atoms with van der Waals surface area (Å²) in [6.45, 7) is 0. The van der Waals surface area contributed by atoms with Crippen molar-refractivity contribution in [3.63, 3.8) is 0 Å². The Labute approximate surface area is 142 Å². The van der Waals surface area contributed by atoms with Crippen LogP contribution in [0.15, 0.2) is 54.9 Å². The van der Waals surface area contributed by atoms with E-state index in [9.17, 15) is 0 Å². The fourth-order valence-corrected chi connectivity index (χ4v) is 2.63. The van der Waals surface area contributed by atoms with Crippen LogP contribution in [-0.4, -0.2) is 19.9 Å². The molecule has 0 aliphatic rings. The third-order valence-corrected chi connectivity index (χ3v) is 4.01. The molecule has 4 nitrogen and oxygen atoms in total. The number of benzene rings is 2. The Morgan fingerprint density at radius 1 is 0.739 bits per heavy atom. The van der Waals surface area contributed by atoms with E-state index in [1.807, 2.05) is 48.5 Å².